The lowest BCUT2D eigenvalue weighted by Crippen LogP contribution is -2.43. The third-order valence-corrected chi connectivity index (χ3v) is 6.24. The van der Waals surface area contributed by atoms with E-state index in [1.165, 1.54) is 5.75 Å². The van der Waals surface area contributed by atoms with Crippen LogP contribution in [0.1, 0.15) is 31.0 Å². The summed E-state index contributed by atoms with van der Waals surface area (Å²) in [7, 11) is 1.98. The third-order valence-electron chi connectivity index (χ3n) is 4.51. The predicted molar refractivity (Wildman–Crippen MR) is 89.4 cm³/mol. The van der Waals surface area contributed by atoms with Crippen LogP contribution < -0.4 is 5.32 Å². The molecule has 3 unspecified atom stereocenters. The molecule has 0 aromatic carbocycles. The normalized spacial score (nSPS) is 30.7. The average molecular weight is 347 g/mol. The Hall–Kier alpha value is -0.000000000000000111. The first-order valence-corrected chi connectivity index (χ1v) is 9.24. The number of ether oxygens (including phenoxy) is 1. The number of thioether (sulfide) groups is 1. The zero-order valence-electron chi connectivity index (χ0n) is 12.1. The quantitative estimate of drug-likeness (QED) is 0.898. The fourth-order valence-corrected chi connectivity index (χ4v) is 5.34. The standard InChI is InChI=1S/C15H20Cl2N2OS/c1-18-13(14-12(17)6-11(16)8-19-14)10-2-4-20-15(7-10)3-5-21-9-15/h6,8,10,13,18H,2-5,7,9H2,1H3. The van der Waals surface area contributed by atoms with Crippen LogP contribution in [0.2, 0.25) is 10.0 Å². The van der Waals surface area contributed by atoms with Gasteiger partial charge in [-0.3, -0.25) is 4.98 Å². The SMILES string of the molecule is CNC(c1ncc(Cl)cc1Cl)C1CCOC2(CCSC2)C1. The van der Waals surface area contributed by atoms with Gasteiger partial charge in [0, 0.05) is 18.6 Å². The van der Waals surface area contributed by atoms with E-state index in [0.29, 0.717) is 16.0 Å². The molecule has 2 saturated heterocycles. The summed E-state index contributed by atoms with van der Waals surface area (Å²) in [5.41, 5.74) is 0.970. The van der Waals surface area contributed by atoms with Gasteiger partial charge < -0.3 is 10.1 Å². The van der Waals surface area contributed by atoms with Crippen LogP contribution in [0.3, 0.4) is 0 Å². The van der Waals surface area contributed by atoms with E-state index in [1.54, 1.807) is 12.3 Å². The van der Waals surface area contributed by atoms with E-state index in [4.69, 9.17) is 27.9 Å². The van der Waals surface area contributed by atoms with Gasteiger partial charge in [-0.15, -0.1) is 0 Å². The van der Waals surface area contributed by atoms with Gasteiger partial charge in [-0.05, 0) is 44.0 Å². The lowest BCUT2D eigenvalue weighted by Gasteiger charge is -2.40. The van der Waals surface area contributed by atoms with Crippen molar-refractivity contribution in [3.8, 4) is 0 Å². The van der Waals surface area contributed by atoms with E-state index in [9.17, 15) is 0 Å². The summed E-state index contributed by atoms with van der Waals surface area (Å²) in [4.78, 5) is 4.47. The van der Waals surface area contributed by atoms with Gasteiger partial charge in [0.25, 0.3) is 0 Å². The Morgan fingerprint density at radius 2 is 2.38 bits per heavy atom. The van der Waals surface area contributed by atoms with Crippen molar-refractivity contribution in [1.29, 1.82) is 0 Å². The molecule has 1 aromatic rings. The Kier molecular flexibility index (Phi) is 5.01. The second-order valence-corrected chi connectivity index (χ2v) is 7.82. The zero-order valence-corrected chi connectivity index (χ0v) is 14.4. The summed E-state index contributed by atoms with van der Waals surface area (Å²) in [6.07, 6.45) is 4.95. The summed E-state index contributed by atoms with van der Waals surface area (Å²) >= 11 is 14.3. The zero-order chi connectivity index (χ0) is 14.9. The van der Waals surface area contributed by atoms with Crippen molar-refractivity contribution in [1.82, 2.24) is 10.3 Å². The molecule has 1 spiro atoms. The van der Waals surface area contributed by atoms with Gasteiger partial charge >= 0.3 is 0 Å². The molecule has 2 aliphatic heterocycles. The van der Waals surface area contributed by atoms with Crippen LogP contribution in [0.25, 0.3) is 0 Å². The van der Waals surface area contributed by atoms with Crippen LogP contribution in [-0.2, 0) is 4.74 Å². The second kappa shape index (κ2) is 6.63. The predicted octanol–water partition coefficient (Wildman–Crippen LogP) is 3.95. The van der Waals surface area contributed by atoms with Crippen molar-refractivity contribution in [2.45, 2.75) is 30.9 Å². The second-order valence-electron chi connectivity index (χ2n) is 5.87. The Balaban J connectivity index is 1.82. The maximum Gasteiger partial charge on any atom is 0.0783 e. The summed E-state index contributed by atoms with van der Waals surface area (Å²) < 4.78 is 6.11. The van der Waals surface area contributed by atoms with Crippen LogP contribution in [0.5, 0.6) is 0 Å². The minimum Gasteiger partial charge on any atom is -0.374 e. The number of hydrogen-bond donors (Lipinski definition) is 1. The molecule has 0 radical (unpaired) electrons. The van der Waals surface area contributed by atoms with Gasteiger partial charge in [0.15, 0.2) is 0 Å². The van der Waals surface area contributed by atoms with Crippen molar-refractivity contribution in [3.05, 3.63) is 28.0 Å². The smallest absolute Gasteiger partial charge is 0.0783 e. The van der Waals surface area contributed by atoms with E-state index in [1.807, 2.05) is 18.8 Å². The first kappa shape index (κ1) is 15.9. The molecule has 116 valence electrons. The molecule has 2 fully saturated rings. The van der Waals surface area contributed by atoms with Crippen molar-refractivity contribution < 1.29 is 4.74 Å². The molecule has 2 aliphatic rings. The van der Waals surface area contributed by atoms with Crippen molar-refractivity contribution in [3.63, 3.8) is 0 Å². The van der Waals surface area contributed by atoms with Crippen molar-refractivity contribution >= 4 is 35.0 Å². The summed E-state index contributed by atoms with van der Waals surface area (Å²) in [5, 5.41) is 4.62. The molecular weight excluding hydrogens is 327 g/mol. The average Bonchev–Trinajstić information content (AvgIpc) is 2.90. The number of nitrogens with one attached hydrogen (secondary N) is 1. The minimum atomic E-state index is 0.0710. The largest absolute Gasteiger partial charge is 0.374 e. The molecule has 1 aromatic heterocycles. The van der Waals surface area contributed by atoms with Crippen molar-refractivity contribution in [2.24, 2.45) is 5.92 Å². The lowest BCUT2D eigenvalue weighted by atomic mass is 9.80. The van der Waals surface area contributed by atoms with E-state index >= 15 is 0 Å². The fraction of sp³-hybridized carbons (Fsp3) is 0.667. The van der Waals surface area contributed by atoms with Gasteiger partial charge in [0.2, 0.25) is 0 Å². The van der Waals surface area contributed by atoms with E-state index < -0.39 is 0 Å². The molecule has 6 heteroatoms. The first-order valence-electron chi connectivity index (χ1n) is 7.33. The van der Waals surface area contributed by atoms with Crippen molar-refractivity contribution in [2.75, 3.05) is 25.2 Å². The molecule has 3 atom stereocenters. The van der Waals surface area contributed by atoms with Crippen LogP contribution in [0.15, 0.2) is 12.3 Å². The van der Waals surface area contributed by atoms with Gasteiger partial charge in [-0.1, -0.05) is 23.2 Å². The Morgan fingerprint density at radius 1 is 1.52 bits per heavy atom. The molecule has 3 rings (SSSR count). The molecule has 21 heavy (non-hydrogen) atoms. The maximum absolute atomic E-state index is 6.35. The van der Waals surface area contributed by atoms with Gasteiger partial charge in [-0.2, -0.15) is 11.8 Å². The molecule has 3 nitrogen and oxygen atoms in total. The van der Waals surface area contributed by atoms with Gasteiger partial charge in [0.1, 0.15) is 0 Å². The molecule has 1 N–H and O–H groups in total. The minimum absolute atomic E-state index is 0.0710. The summed E-state index contributed by atoms with van der Waals surface area (Å²) in [5.74, 6) is 2.81. The molecule has 0 bridgehead atoms. The first-order chi connectivity index (χ1) is 10.1. The molecule has 0 amide bonds. The highest BCUT2D eigenvalue weighted by atomic mass is 35.5. The van der Waals surface area contributed by atoms with Gasteiger partial charge in [-0.25, -0.2) is 0 Å². The highest BCUT2D eigenvalue weighted by Gasteiger charge is 2.43. The van der Waals surface area contributed by atoms with Crippen LogP contribution in [-0.4, -0.2) is 35.7 Å². The van der Waals surface area contributed by atoms with Crippen LogP contribution >= 0.6 is 35.0 Å². The Bertz CT molecular complexity index is 508. The third kappa shape index (κ3) is 3.35. The molecular formula is C15H20Cl2N2OS. The highest BCUT2D eigenvalue weighted by Crippen LogP contribution is 2.44. The number of rotatable bonds is 3. The number of nitrogens with zero attached hydrogens (tertiary/aromatic N) is 1. The van der Waals surface area contributed by atoms with E-state index in [0.717, 1.165) is 37.3 Å². The number of hydrogen-bond acceptors (Lipinski definition) is 4. The topological polar surface area (TPSA) is 34.2 Å². The lowest BCUT2D eigenvalue weighted by molar-refractivity contribution is -0.0852. The molecule has 0 saturated carbocycles. The highest BCUT2D eigenvalue weighted by molar-refractivity contribution is 7.99. The van der Waals surface area contributed by atoms with Gasteiger partial charge in [0.05, 0.1) is 27.4 Å². The summed E-state index contributed by atoms with van der Waals surface area (Å²) in [6, 6.07) is 1.93. The Labute approximate surface area is 140 Å². The van der Waals surface area contributed by atoms with Crippen LogP contribution in [0, 0.1) is 5.92 Å². The molecule has 0 aliphatic carbocycles. The van der Waals surface area contributed by atoms with Crippen LogP contribution in [0.4, 0.5) is 0 Å². The summed E-state index contributed by atoms with van der Waals surface area (Å²) in [6.45, 7) is 0.828. The monoisotopic (exact) mass is 346 g/mol. The number of halogens is 2. The Morgan fingerprint density at radius 3 is 3.05 bits per heavy atom. The molecule has 3 heterocycles. The fourth-order valence-electron chi connectivity index (χ4n) is 3.46. The van der Waals surface area contributed by atoms with E-state index in [2.05, 4.69) is 10.3 Å². The number of pyridine rings is 1. The van der Waals surface area contributed by atoms with E-state index in [-0.39, 0.29) is 11.6 Å². The maximum atomic E-state index is 6.35. The number of aromatic nitrogens is 1.